The van der Waals surface area contributed by atoms with E-state index in [0.29, 0.717) is 24.3 Å². The number of ether oxygens (including phenoxy) is 1. The smallest absolute Gasteiger partial charge is 0.221 e. The third-order valence-corrected chi connectivity index (χ3v) is 5.47. The van der Waals surface area contributed by atoms with Crippen LogP contribution in [0.25, 0.3) is 0 Å². The van der Waals surface area contributed by atoms with Gasteiger partial charge in [-0.25, -0.2) is 4.39 Å². The Hall–Kier alpha value is -2.48. The highest BCUT2D eigenvalue weighted by molar-refractivity contribution is 5.88. The number of hydrogen-bond acceptors (Lipinski definition) is 5. The van der Waals surface area contributed by atoms with Gasteiger partial charge in [-0.3, -0.25) is 14.6 Å². The molecule has 1 fully saturated rings. The van der Waals surface area contributed by atoms with E-state index >= 15 is 0 Å². The number of halogens is 1. The van der Waals surface area contributed by atoms with Gasteiger partial charge in [-0.1, -0.05) is 18.2 Å². The molecule has 7 heteroatoms. The molecule has 1 aliphatic rings. The number of anilines is 1. The summed E-state index contributed by atoms with van der Waals surface area (Å²) in [5.74, 6) is 0.162. The second-order valence-corrected chi connectivity index (χ2v) is 7.71. The van der Waals surface area contributed by atoms with Crippen molar-refractivity contribution < 1.29 is 19.0 Å². The molecule has 0 saturated carbocycles. The highest BCUT2D eigenvalue weighted by atomic mass is 19.1. The third-order valence-electron chi connectivity index (χ3n) is 5.47. The van der Waals surface area contributed by atoms with Gasteiger partial charge in [0, 0.05) is 69.6 Å². The van der Waals surface area contributed by atoms with Crippen molar-refractivity contribution in [1.29, 1.82) is 0 Å². The molecule has 1 amide bonds. The lowest BCUT2D eigenvalue weighted by atomic mass is 10.1. The predicted octanol–water partition coefficient (Wildman–Crippen LogP) is 2.86. The number of nitrogens with zero attached hydrogens (tertiary/aromatic N) is 2. The van der Waals surface area contributed by atoms with E-state index in [0.717, 1.165) is 31.9 Å². The van der Waals surface area contributed by atoms with Crippen LogP contribution in [-0.4, -0.2) is 60.2 Å². The van der Waals surface area contributed by atoms with Crippen LogP contribution < -0.4 is 10.1 Å². The van der Waals surface area contributed by atoms with Gasteiger partial charge in [-0.05, 0) is 30.2 Å². The largest absolute Gasteiger partial charge is 0.497 e. The van der Waals surface area contributed by atoms with Crippen LogP contribution in [0.15, 0.2) is 42.5 Å². The summed E-state index contributed by atoms with van der Waals surface area (Å²) in [6.07, 6.45) is 0.649. The van der Waals surface area contributed by atoms with E-state index in [9.17, 15) is 14.3 Å². The molecular weight excluding hydrogens is 385 g/mol. The molecule has 0 spiro atoms. The Kier molecular flexibility index (Phi) is 7.79. The van der Waals surface area contributed by atoms with E-state index in [1.807, 2.05) is 24.3 Å². The van der Waals surface area contributed by atoms with E-state index < -0.39 is 0 Å². The molecule has 0 aromatic heterocycles. The van der Waals surface area contributed by atoms with E-state index in [-0.39, 0.29) is 24.4 Å². The monoisotopic (exact) mass is 415 g/mol. The molecule has 1 aliphatic heterocycles. The first kappa shape index (κ1) is 22.2. The van der Waals surface area contributed by atoms with Gasteiger partial charge < -0.3 is 15.2 Å². The molecule has 1 heterocycles. The Morgan fingerprint density at radius 3 is 2.60 bits per heavy atom. The van der Waals surface area contributed by atoms with Gasteiger partial charge in [0.25, 0.3) is 0 Å². The maximum atomic E-state index is 14.4. The molecule has 0 radical (unpaired) electrons. The van der Waals surface area contributed by atoms with Crippen molar-refractivity contribution in [3.63, 3.8) is 0 Å². The minimum atomic E-state index is -0.265. The average Bonchev–Trinajstić information content (AvgIpc) is 2.72. The molecule has 1 saturated heterocycles. The van der Waals surface area contributed by atoms with Gasteiger partial charge in [-0.2, -0.15) is 0 Å². The number of rotatable bonds is 8. The number of piperazine rings is 1. The Morgan fingerprint density at radius 1 is 1.20 bits per heavy atom. The summed E-state index contributed by atoms with van der Waals surface area (Å²) >= 11 is 0. The number of methoxy groups -OCH3 is 1. The molecule has 0 bridgehead atoms. The molecule has 162 valence electrons. The summed E-state index contributed by atoms with van der Waals surface area (Å²) in [4.78, 5) is 15.8. The molecule has 0 aliphatic carbocycles. The lowest BCUT2D eigenvalue weighted by Gasteiger charge is -2.41. The van der Waals surface area contributed by atoms with Gasteiger partial charge in [0.2, 0.25) is 5.91 Å². The lowest BCUT2D eigenvalue weighted by Crippen LogP contribution is -2.52. The van der Waals surface area contributed by atoms with Gasteiger partial charge >= 0.3 is 0 Å². The van der Waals surface area contributed by atoms with Crippen LogP contribution in [0, 0.1) is 5.82 Å². The first-order chi connectivity index (χ1) is 14.5. The molecule has 2 aromatic carbocycles. The van der Waals surface area contributed by atoms with Crippen molar-refractivity contribution >= 4 is 11.6 Å². The molecule has 1 atom stereocenters. The van der Waals surface area contributed by atoms with Gasteiger partial charge in [0.1, 0.15) is 11.6 Å². The SMILES string of the molecule is COc1ccc(CN2CCN(Cc3ccc(NC(C)=O)cc3)CC2CCO)c(F)c1. The zero-order chi connectivity index (χ0) is 21.5. The van der Waals surface area contributed by atoms with E-state index in [1.54, 1.807) is 12.1 Å². The Labute approximate surface area is 177 Å². The Bertz CT molecular complexity index is 844. The van der Waals surface area contributed by atoms with Crippen molar-refractivity contribution in [1.82, 2.24) is 9.80 Å². The topological polar surface area (TPSA) is 65.0 Å². The number of amides is 1. The molecule has 6 nitrogen and oxygen atoms in total. The fraction of sp³-hybridized carbons (Fsp3) is 0.435. The number of carbonyl (C=O) groups excluding carboxylic acids is 1. The Balaban J connectivity index is 1.61. The second kappa shape index (κ2) is 10.5. The maximum absolute atomic E-state index is 14.4. The number of hydrogen-bond donors (Lipinski definition) is 2. The average molecular weight is 416 g/mol. The van der Waals surface area contributed by atoms with Crippen LogP contribution in [0.2, 0.25) is 0 Å². The first-order valence-corrected chi connectivity index (χ1v) is 10.2. The van der Waals surface area contributed by atoms with Crippen LogP contribution in [-0.2, 0) is 17.9 Å². The second-order valence-electron chi connectivity index (χ2n) is 7.71. The van der Waals surface area contributed by atoms with Crippen LogP contribution in [0.4, 0.5) is 10.1 Å². The van der Waals surface area contributed by atoms with Crippen LogP contribution >= 0.6 is 0 Å². The van der Waals surface area contributed by atoms with Crippen molar-refractivity contribution in [2.24, 2.45) is 0 Å². The van der Waals surface area contributed by atoms with Crippen LogP contribution in [0.1, 0.15) is 24.5 Å². The molecule has 2 N–H and O–H groups in total. The fourth-order valence-corrected chi connectivity index (χ4v) is 3.89. The summed E-state index contributed by atoms with van der Waals surface area (Å²) in [6, 6.07) is 13.0. The standard InChI is InChI=1S/C23H30FN3O3/c1-17(29)25-20-6-3-18(4-7-20)14-26-10-11-27(21(16-26)9-12-28)15-19-5-8-22(30-2)13-23(19)24/h3-8,13,21,28H,9-12,14-16H2,1-2H3,(H,25,29). The predicted molar refractivity (Wildman–Crippen MR) is 115 cm³/mol. The summed E-state index contributed by atoms with van der Waals surface area (Å²) in [6.45, 7) is 5.39. The summed E-state index contributed by atoms with van der Waals surface area (Å²) in [5.41, 5.74) is 2.60. The highest BCUT2D eigenvalue weighted by Gasteiger charge is 2.27. The number of aliphatic hydroxyl groups is 1. The fourth-order valence-electron chi connectivity index (χ4n) is 3.89. The molecular formula is C23H30FN3O3. The van der Waals surface area contributed by atoms with Gasteiger partial charge in [0.05, 0.1) is 7.11 Å². The molecule has 30 heavy (non-hydrogen) atoms. The minimum Gasteiger partial charge on any atom is -0.497 e. The quantitative estimate of drug-likeness (QED) is 0.694. The summed E-state index contributed by atoms with van der Waals surface area (Å²) in [5, 5.41) is 12.3. The molecule has 1 unspecified atom stereocenters. The van der Waals surface area contributed by atoms with Crippen molar-refractivity contribution in [3.8, 4) is 5.75 Å². The highest BCUT2D eigenvalue weighted by Crippen LogP contribution is 2.22. The van der Waals surface area contributed by atoms with Crippen molar-refractivity contribution in [3.05, 3.63) is 59.4 Å². The van der Waals surface area contributed by atoms with Gasteiger partial charge in [-0.15, -0.1) is 0 Å². The number of carbonyl (C=O) groups is 1. The minimum absolute atomic E-state index is 0.0842. The van der Waals surface area contributed by atoms with E-state index in [1.165, 1.54) is 25.7 Å². The summed E-state index contributed by atoms with van der Waals surface area (Å²) in [7, 11) is 1.53. The normalized spacial score (nSPS) is 17.7. The zero-order valence-corrected chi connectivity index (χ0v) is 17.6. The number of aliphatic hydroxyl groups excluding tert-OH is 1. The first-order valence-electron chi connectivity index (χ1n) is 10.2. The van der Waals surface area contributed by atoms with Crippen LogP contribution in [0.5, 0.6) is 5.75 Å². The number of benzene rings is 2. The lowest BCUT2D eigenvalue weighted by molar-refractivity contribution is -0.114. The van der Waals surface area contributed by atoms with Gasteiger partial charge in [0.15, 0.2) is 0 Å². The summed E-state index contributed by atoms with van der Waals surface area (Å²) < 4.78 is 19.5. The Morgan fingerprint density at radius 2 is 1.97 bits per heavy atom. The van der Waals surface area contributed by atoms with Crippen molar-refractivity contribution in [2.75, 3.05) is 38.7 Å². The molecule has 2 aromatic rings. The van der Waals surface area contributed by atoms with E-state index in [2.05, 4.69) is 15.1 Å². The van der Waals surface area contributed by atoms with E-state index in [4.69, 9.17) is 4.74 Å². The zero-order valence-electron chi connectivity index (χ0n) is 17.6. The number of nitrogens with one attached hydrogen (secondary N) is 1. The van der Waals surface area contributed by atoms with Crippen molar-refractivity contribution in [2.45, 2.75) is 32.5 Å². The third kappa shape index (κ3) is 6.01. The molecule has 3 rings (SSSR count). The maximum Gasteiger partial charge on any atom is 0.221 e. The van der Waals surface area contributed by atoms with Crippen LogP contribution in [0.3, 0.4) is 0 Å².